The minimum atomic E-state index is -3.20. The lowest BCUT2D eigenvalue weighted by atomic mass is 10.2. The molecule has 1 aromatic heterocycles. The number of ether oxygens (including phenoxy) is 2. The van der Waals surface area contributed by atoms with Crippen LogP contribution in [0.1, 0.15) is 0 Å². The number of hydrogen-bond acceptors (Lipinski definition) is 10. The van der Waals surface area contributed by atoms with E-state index in [-0.39, 0.29) is 5.91 Å². The first-order valence-electron chi connectivity index (χ1n) is 12.0. The summed E-state index contributed by atoms with van der Waals surface area (Å²) in [5.41, 5.74) is 2.16. The lowest BCUT2D eigenvalue weighted by Gasteiger charge is -2.35. The molecule has 11 nitrogen and oxygen atoms in total. The second-order valence-electron chi connectivity index (χ2n) is 8.55. The number of amides is 1. The van der Waals surface area contributed by atoms with E-state index in [2.05, 4.69) is 32.1 Å². The number of rotatable bonds is 10. The van der Waals surface area contributed by atoms with Crippen molar-refractivity contribution in [3.63, 3.8) is 0 Å². The summed E-state index contributed by atoms with van der Waals surface area (Å²) in [4.78, 5) is 23.5. The first-order valence-corrected chi connectivity index (χ1v) is 15.0. The van der Waals surface area contributed by atoms with Crippen LogP contribution in [0.3, 0.4) is 0 Å². The number of benzene rings is 2. The minimum Gasteiger partial charge on any atom is -0.494 e. The maximum absolute atomic E-state index is 11.8. The summed E-state index contributed by atoms with van der Waals surface area (Å²) in [6, 6.07) is 12.7. The Labute approximate surface area is 232 Å². The smallest absolute Gasteiger partial charge is 0.247 e. The van der Waals surface area contributed by atoms with Crippen LogP contribution in [0, 0.1) is 0 Å². The van der Waals surface area contributed by atoms with Crippen LogP contribution < -0.4 is 25.0 Å². The molecule has 0 spiro atoms. The summed E-state index contributed by atoms with van der Waals surface area (Å²) in [5, 5.41) is 5.90. The Bertz CT molecular complexity index is 1460. The van der Waals surface area contributed by atoms with E-state index in [9.17, 15) is 13.2 Å². The fourth-order valence-corrected chi connectivity index (χ4v) is 5.20. The highest BCUT2D eigenvalue weighted by Crippen LogP contribution is 2.35. The number of hydrogen-bond donors (Lipinski definition) is 2. The van der Waals surface area contributed by atoms with Crippen molar-refractivity contribution in [2.75, 3.05) is 61.3 Å². The average Bonchev–Trinajstić information content (AvgIpc) is 2.93. The number of nitrogens with one attached hydrogen (secondary N) is 2. The van der Waals surface area contributed by atoms with Crippen LogP contribution >= 0.6 is 11.8 Å². The molecule has 1 aliphatic heterocycles. The Hall–Kier alpha value is -3.81. The molecule has 0 saturated carbocycles. The molecule has 1 saturated heterocycles. The highest BCUT2D eigenvalue weighted by molar-refractivity contribution is 7.98. The molecular formula is C26H30N6O5S2. The van der Waals surface area contributed by atoms with E-state index in [0.717, 1.165) is 10.6 Å². The Kier molecular flexibility index (Phi) is 8.94. The monoisotopic (exact) mass is 570 g/mol. The molecule has 0 radical (unpaired) electrons. The number of thioether (sulfide) groups is 1. The van der Waals surface area contributed by atoms with Gasteiger partial charge in [0.15, 0.2) is 0 Å². The van der Waals surface area contributed by atoms with E-state index >= 15 is 0 Å². The van der Waals surface area contributed by atoms with Gasteiger partial charge < -0.3 is 25.0 Å². The minimum absolute atomic E-state index is 0.312. The first-order chi connectivity index (χ1) is 18.7. The largest absolute Gasteiger partial charge is 0.494 e. The molecular weight excluding hydrogens is 540 g/mol. The van der Waals surface area contributed by atoms with E-state index in [1.54, 1.807) is 37.6 Å². The number of aromatic nitrogens is 2. The molecule has 0 bridgehead atoms. The van der Waals surface area contributed by atoms with Crippen LogP contribution in [0.25, 0.3) is 0 Å². The van der Waals surface area contributed by atoms with Gasteiger partial charge in [-0.15, -0.1) is 11.8 Å². The van der Waals surface area contributed by atoms with Crippen LogP contribution in [-0.4, -0.2) is 74.4 Å². The quantitative estimate of drug-likeness (QED) is 0.273. The van der Waals surface area contributed by atoms with Gasteiger partial charge in [0.1, 0.15) is 11.5 Å². The fourth-order valence-electron chi connectivity index (χ4n) is 3.95. The Morgan fingerprint density at radius 3 is 2.59 bits per heavy atom. The normalized spacial score (nSPS) is 14.0. The summed E-state index contributed by atoms with van der Waals surface area (Å²) < 4.78 is 36.8. The maximum Gasteiger partial charge on any atom is 0.247 e. The molecule has 0 aliphatic carbocycles. The Morgan fingerprint density at radius 2 is 1.92 bits per heavy atom. The highest BCUT2D eigenvalue weighted by Gasteiger charge is 2.24. The van der Waals surface area contributed by atoms with Crippen molar-refractivity contribution < 1.29 is 22.7 Å². The van der Waals surface area contributed by atoms with E-state index in [1.807, 2.05) is 24.5 Å². The van der Waals surface area contributed by atoms with Gasteiger partial charge in [0, 0.05) is 55.9 Å². The number of methoxy groups -OCH3 is 1. The maximum atomic E-state index is 11.8. The predicted octanol–water partition coefficient (Wildman–Crippen LogP) is 3.95. The topological polar surface area (TPSA) is 126 Å². The van der Waals surface area contributed by atoms with Crippen LogP contribution in [0.5, 0.6) is 17.4 Å². The van der Waals surface area contributed by atoms with Crippen LogP contribution in [-0.2, 0) is 14.8 Å². The predicted molar refractivity (Wildman–Crippen MR) is 154 cm³/mol. The first kappa shape index (κ1) is 28.2. The van der Waals surface area contributed by atoms with E-state index in [1.165, 1.54) is 28.4 Å². The zero-order valence-corrected chi connectivity index (χ0v) is 23.5. The van der Waals surface area contributed by atoms with E-state index in [4.69, 9.17) is 9.47 Å². The van der Waals surface area contributed by atoms with Crippen molar-refractivity contribution in [1.82, 2.24) is 14.3 Å². The summed E-state index contributed by atoms with van der Waals surface area (Å²) >= 11 is 1.44. The molecule has 4 rings (SSSR count). The van der Waals surface area contributed by atoms with Gasteiger partial charge >= 0.3 is 0 Å². The summed E-state index contributed by atoms with van der Waals surface area (Å²) in [6.45, 7) is 5.50. The molecule has 2 aromatic carbocycles. The summed E-state index contributed by atoms with van der Waals surface area (Å²) in [6.07, 6.45) is 6.00. The van der Waals surface area contributed by atoms with Gasteiger partial charge in [0.05, 0.1) is 23.9 Å². The van der Waals surface area contributed by atoms with Crippen LogP contribution in [0.2, 0.25) is 0 Å². The lowest BCUT2D eigenvalue weighted by Crippen LogP contribution is -2.48. The SMILES string of the molecule is C=CC(=O)Nc1cccc(Oc2nc(Nc3ccc(N4CCN(S(C)(=O)=O)CC4)cc3OC)ncc2SC)c1. The number of carbonyl (C=O) groups is 1. The van der Waals surface area contributed by atoms with Crippen molar-refractivity contribution >= 4 is 50.7 Å². The van der Waals surface area contributed by atoms with Crippen LogP contribution in [0.4, 0.5) is 23.0 Å². The Balaban J connectivity index is 1.51. The van der Waals surface area contributed by atoms with Crippen molar-refractivity contribution in [3.05, 3.63) is 61.3 Å². The molecule has 13 heteroatoms. The van der Waals surface area contributed by atoms with Gasteiger partial charge in [-0.2, -0.15) is 9.29 Å². The zero-order valence-electron chi connectivity index (χ0n) is 21.9. The third-order valence-electron chi connectivity index (χ3n) is 5.95. The average molecular weight is 571 g/mol. The second-order valence-corrected chi connectivity index (χ2v) is 11.4. The third kappa shape index (κ3) is 7.19. The molecule has 39 heavy (non-hydrogen) atoms. The second kappa shape index (κ2) is 12.4. The molecule has 1 amide bonds. The fraction of sp³-hybridized carbons (Fsp3) is 0.269. The molecule has 1 aliphatic rings. The molecule has 2 N–H and O–H groups in total. The van der Waals surface area contributed by atoms with Crippen molar-refractivity contribution in [2.45, 2.75) is 4.90 Å². The van der Waals surface area contributed by atoms with Gasteiger partial charge in [-0.1, -0.05) is 12.6 Å². The molecule has 1 fully saturated rings. The molecule has 2 heterocycles. The van der Waals surface area contributed by atoms with Gasteiger partial charge in [-0.3, -0.25) is 4.79 Å². The molecule has 3 aromatic rings. The van der Waals surface area contributed by atoms with Gasteiger partial charge in [-0.05, 0) is 36.6 Å². The highest BCUT2D eigenvalue weighted by atomic mass is 32.2. The summed E-state index contributed by atoms with van der Waals surface area (Å²) in [7, 11) is -1.62. The van der Waals surface area contributed by atoms with Gasteiger partial charge in [0.2, 0.25) is 27.8 Å². The van der Waals surface area contributed by atoms with E-state index in [0.29, 0.717) is 60.9 Å². The number of anilines is 4. The van der Waals surface area contributed by atoms with E-state index < -0.39 is 10.0 Å². The lowest BCUT2D eigenvalue weighted by molar-refractivity contribution is -0.111. The van der Waals surface area contributed by atoms with Crippen LogP contribution in [0.15, 0.2) is 66.2 Å². The number of nitrogens with zero attached hydrogens (tertiary/aromatic N) is 4. The number of piperazine rings is 1. The van der Waals surface area contributed by atoms with Gasteiger partial charge in [0.25, 0.3) is 0 Å². The number of sulfonamides is 1. The molecule has 0 unspecified atom stereocenters. The summed E-state index contributed by atoms with van der Waals surface area (Å²) in [5.74, 6) is 1.43. The third-order valence-corrected chi connectivity index (χ3v) is 7.97. The molecule has 0 atom stereocenters. The van der Waals surface area contributed by atoms with Crippen molar-refractivity contribution in [1.29, 1.82) is 0 Å². The van der Waals surface area contributed by atoms with Crippen molar-refractivity contribution in [2.24, 2.45) is 0 Å². The molecule has 206 valence electrons. The van der Waals surface area contributed by atoms with Gasteiger partial charge in [-0.25, -0.2) is 13.4 Å². The zero-order chi connectivity index (χ0) is 28.0. The Morgan fingerprint density at radius 1 is 1.15 bits per heavy atom. The number of carbonyl (C=O) groups excluding carboxylic acids is 1. The standard InChI is InChI=1S/C26H30N6O5S2/c1-5-24(33)28-18-7-6-8-20(15-18)37-25-23(38-3)17-27-26(30-25)29-21-10-9-19(16-22(21)36-2)31-11-13-32(14-12-31)39(4,34)35/h5-10,15-17H,1,11-14H2,2-4H3,(H,28,33)(H,27,29,30). The van der Waals surface area contributed by atoms with Crippen molar-refractivity contribution in [3.8, 4) is 17.4 Å².